The zero-order valence-corrected chi connectivity index (χ0v) is 10.2. The molecule has 1 aromatic rings. The minimum atomic E-state index is -0.214. The van der Waals surface area contributed by atoms with Gasteiger partial charge in [0.1, 0.15) is 0 Å². The topological polar surface area (TPSA) is 55.1 Å². The number of hydrogen-bond donors (Lipinski definition) is 2. The fraction of sp³-hybridized carbons (Fsp3) is 0.500. The quantitative estimate of drug-likeness (QED) is 0.811. The van der Waals surface area contributed by atoms with Crippen LogP contribution >= 0.6 is 0 Å². The van der Waals surface area contributed by atoms with Crippen LogP contribution in [0.15, 0.2) is 30.3 Å². The van der Waals surface area contributed by atoms with Crippen molar-refractivity contribution in [3.8, 4) is 0 Å². The van der Waals surface area contributed by atoms with Crippen LogP contribution < -0.4 is 11.1 Å². The number of amides is 1. The fourth-order valence-electron chi connectivity index (χ4n) is 2.24. The Labute approximate surface area is 102 Å². The summed E-state index contributed by atoms with van der Waals surface area (Å²) in [5.41, 5.74) is 6.71. The summed E-state index contributed by atoms with van der Waals surface area (Å²) >= 11 is 0. The van der Waals surface area contributed by atoms with Crippen molar-refractivity contribution in [1.82, 2.24) is 5.32 Å². The first-order chi connectivity index (χ1) is 8.26. The molecule has 1 aromatic carbocycles. The van der Waals surface area contributed by atoms with Gasteiger partial charge in [0, 0.05) is 12.6 Å². The second-order valence-electron chi connectivity index (χ2n) is 4.72. The molecule has 1 fully saturated rings. The molecule has 17 heavy (non-hydrogen) atoms. The van der Waals surface area contributed by atoms with Crippen LogP contribution in [0.2, 0.25) is 0 Å². The van der Waals surface area contributed by atoms with Crippen molar-refractivity contribution >= 4 is 5.91 Å². The molecule has 0 aromatic heterocycles. The van der Waals surface area contributed by atoms with Gasteiger partial charge in [-0.25, -0.2) is 0 Å². The van der Waals surface area contributed by atoms with E-state index >= 15 is 0 Å². The number of hydrogen-bond acceptors (Lipinski definition) is 2. The number of carbonyl (C=O) groups excluding carboxylic acids is 1. The second-order valence-corrected chi connectivity index (χ2v) is 4.72. The zero-order chi connectivity index (χ0) is 12.3. The molecule has 1 aliphatic carbocycles. The first kappa shape index (κ1) is 12.1. The maximum absolute atomic E-state index is 12.1. The van der Waals surface area contributed by atoms with Crippen LogP contribution in [0.1, 0.15) is 31.2 Å². The van der Waals surface area contributed by atoms with Crippen LogP contribution in [0.3, 0.4) is 0 Å². The van der Waals surface area contributed by atoms with Gasteiger partial charge < -0.3 is 11.1 Å². The van der Waals surface area contributed by atoms with E-state index in [4.69, 9.17) is 5.73 Å². The molecule has 0 spiro atoms. The number of benzene rings is 1. The fourth-order valence-corrected chi connectivity index (χ4v) is 2.24. The Balaban J connectivity index is 1.97. The monoisotopic (exact) mass is 232 g/mol. The highest BCUT2D eigenvalue weighted by Crippen LogP contribution is 2.33. The summed E-state index contributed by atoms with van der Waals surface area (Å²) in [4.78, 5) is 12.1. The van der Waals surface area contributed by atoms with E-state index in [2.05, 4.69) is 12.2 Å². The van der Waals surface area contributed by atoms with E-state index in [1.165, 1.54) is 0 Å². The Morgan fingerprint density at radius 3 is 2.71 bits per heavy atom. The van der Waals surface area contributed by atoms with Crippen molar-refractivity contribution in [2.75, 3.05) is 6.54 Å². The molecule has 0 heterocycles. The van der Waals surface area contributed by atoms with Gasteiger partial charge in [0.25, 0.3) is 0 Å². The molecule has 1 aliphatic rings. The van der Waals surface area contributed by atoms with Crippen LogP contribution in [0.25, 0.3) is 0 Å². The number of carbonyl (C=O) groups is 1. The summed E-state index contributed by atoms with van der Waals surface area (Å²) in [5, 5.41) is 3.09. The average Bonchev–Trinajstić information content (AvgIpc) is 3.10. The molecule has 0 radical (unpaired) electrons. The third-order valence-electron chi connectivity index (χ3n) is 3.53. The van der Waals surface area contributed by atoms with Gasteiger partial charge in [-0.3, -0.25) is 4.79 Å². The molecule has 3 nitrogen and oxygen atoms in total. The molecular formula is C14H20N2O. The smallest absolute Gasteiger partial charge is 0.229 e. The summed E-state index contributed by atoms with van der Waals surface area (Å²) in [6, 6.07) is 10.1. The Morgan fingerprint density at radius 1 is 1.47 bits per heavy atom. The van der Waals surface area contributed by atoms with Crippen LogP contribution in [-0.2, 0) is 4.79 Å². The summed E-state index contributed by atoms with van der Waals surface area (Å²) in [6.07, 6.45) is 2.26. The van der Waals surface area contributed by atoms with Crippen LogP contribution in [0.5, 0.6) is 0 Å². The first-order valence-electron chi connectivity index (χ1n) is 6.31. The predicted molar refractivity (Wildman–Crippen MR) is 68.6 cm³/mol. The van der Waals surface area contributed by atoms with Crippen molar-refractivity contribution in [2.24, 2.45) is 11.7 Å². The van der Waals surface area contributed by atoms with E-state index in [0.29, 0.717) is 18.5 Å². The standard InChI is InChI=1S/C14H20N2O/c1-2-10-8-13(10)16-14(17)12(9-15)11-6-4-3-5-7-11/h3-7,10,12-13H,2,8-9,15H2,1H3,(H,16,17). The molecule has 3 heteroatoms. The highest BCUT2D eigenvalue weighted by molar-refractivity contribution is 5.84. The SMILES string of the molecule is CCC1CC1NC(=O)C(CN)c1ccccc1. The number of nitrogens with one attached hydrogen (secondary N) is 1. The lowest BCUT2D eigenvalue weighted by molar-refractivity contribution is -0.122. The Morgan fingerprint density at radius 2 is 2.18 bits per heavy atom. The summed E-state index contributed by atoms with van der Waals surface area (Å²) in [6.45, 7) is 2.52. The van der Waals surface area contributed by atoms with E-state index in [9.17, 15) is 4.79 Å². The lowest BCUT2D eigenvalue weighted by Gasteiger charge is -2.15. The van der Waals surface area contributed by atoms with Gasteiger partial charge in [0.15, 0.2) is 0 Å². The lowest BCUT2D eigenvalue weighted by atomic mass is 9.98. The minimum absolute atomic E-state index is 0.0691. The Bertz CT molecular complexity index is 377. The third-order valence-corrected chi connectivity index (χ3v) is 3.53. The zero-order valence-electron chi connectivity index (χ0n) is 10.2. The molecular weight excluding hydrogens is 212 g/mol. The van der Waals surface area contributed by atoms with E-state index in [-0.39, 0.29) is 11.8 Å². The van der Waals surface area contributed by atoms with E-state index in [1.807, 2.05) is 30.3 Å². The summed E-state index contributed by atoms with van der Waals surface area (Å²) in [5.74, 6) is 0.530. The molecule has 3 N–H and O–H groups in total. The molecule has 0 aliphatic heterocycles. The third kappa shape index (κ3) is 2.86. The molecule has 92 valence electrons. The van der Waals surface area contributed by atoms with Gasteiger partial charge in [0.05, 0.1) is 5.92 Å². The summed E-state index contributed by atoms with van der Waals surface area (Å²) in [7, 11) is 0. The van der Waals surface area contributed by atoms with Crippen LogP contribution in [-0.4, -0.2) is 18.5 Å². The van der Waals surface area contributed by atoms with Crippen molar-refractivity contribution < 1.29 is 4.79 Å². The van der Waals surface area contributed by atoms with Gasteiger partial charge in [-0.1, -0.05) is 43.7 Å². The molecule has 0 saturated heterocycles. The van der Waals surface area contributed by atoms with Gasteiger partial charge in [-0.2, -0.15) is 0 Å². The van der Waals surface area contributed by atoms with Gasteiger partial charge in [0.2, 0.25) is 5.91 Å². The number of nitrogens with two attached hydrogens (primary N) is 1. The van der Waals surface area contributed by atoms with Crippen molar-refractivity contribution in [3.05, 3.63) is 35.9 Å². The van der Waals surface area contributed by atoms with Crippen molar-refractivity contribution in [2.45, 2.75) is 31.7 Å². The maximum Gasteiger partial charge on any atom is 0.229 e. The van der Waals surface area contributed by atoms with Crippen LogP contribution in [0, 0.1) is 5.92 Å². The predicted octanol–water partition coefficient (Wildman–Crippen LogP) is 1.64. The molecule has 0 bridgehead atoms. The van der Waals surface area contributed by atoms with E-state index < -0.39 is 0 Å². The maximum atomic E-state index is 12.1. The van der Waals surface area contributed by atoms with Gasteiger partial charge >= 0.3 is 0 Å². The summed E-state index contributed by atoms with van der Waals surface area (Å²) < 4.78 is 0. The van der Waals surface area contributed by atoms with Gasteiger partial charge in [-0.15, -0.1) is 0 Å². The van der Waals surface area contributed by atoms with Crippen LogP contribution in [0.4, 0.5) is 0 Å². The van der Waals surface area contributed by atoms with Crippen molar-refractivity contribution in [3.63, 3.8) is 0 Å². The average molecular weight is 232 g/mol. The Kier molecular flexibility index (Phi) is 3.79. The van der Waals surface area contributed by atoms with E-state index in [0.717, 1.165) is 18.4 Å². The van der Waals surface area contributed by atoms with Gasteiger partial charge in [-0.05, 0) is 17.9 Å². The first-order valence-corrected chi connectivity index (χ1v) is 6.31. The number of rotatable bonds is 5. The molecule has 2 rings (SSSR count). The normalized spacial score (nSPS) is 24.1. The minimum Gasteiger partial charge on any atom is -0.353 e. The molecule has 1 amide bonds. The largest absolute Gasteiger partial charge is 0.353 e. The van der Waals surface area contributed by atoms with Crippen molar-refractivity contribution in [1.29, 1.82) is 0 Å². The molecule has 1 saturated carbocycles. The Hall–Kier alpha value is -1.35. The highest BCUT2D eigenvalue weighted by atomic mass is 16.2. The lowest BCUT2D eigenvalue weighted by Crippen LogP contribution is -2.35. The molecule has 3 atom stereocenters. The van der Waals surface area contributed by atoms with E-state index in [1.54, 1.807) is 0 Å². The second kappa shape index (κ2) is 5.32. The highest BCUT2D eigenvalue weighted by Gasteiger charge is 2.37. The molecule has 3 unspecified atom stereocenters.